The van der Waals surface area contributed by atoms with E-state index in [-0.39, 0.29) is 29.6 Å². The van der Waals surface area contributed by atoms with Crippen LogP contribution >= 0.6 is 0 Å². The fourth-order valence-electron chi connectivity index (χ4n) is 7.50. The molecule has 0 unspecified atom stereocenters. The number of hydrogen-bond donors (Lipinski definition) is 1. The Morgan fingerprint density at radius 2 is 1.52 bits per heavy atom. The summed E-state index contributed by atoms with van der Waals surface area (Å²) in [6.07, 6.45) is 1.72. The summed E-state index contributed by atoms with van der Waals surface area (Å²) in [5, 5.41) is 11.9. The zero-order valence-electron chi connectivity index (χ0n) is 19.1. The van der Waals surface area contributed by atoms with Crippen molar-refractivity contribution in [3.63, 3.8) is 0 Å². The van der Waals surface area contributed by atoms with E-state index < -0.39 is 11.1 Å². The fraction of sp³-hybridized carbons (Fsp3) is 0.300. The van der Waals surface area contributed by atoms with Gasteiger partial charge in [-0.15, -0.1) is 6.58 Å². The molecule has 166 valence electrons. The molecule has 1 fully saturated rings. The number of carbonyl (C=O) groups excluding carboxylic acids is 1. The van der Waals surface area contributed by atoms with Gasteiger partial charge in [-0.2, -0.15) is 0 Å². The zero-order chi connectivity index (χ0) is 23.0. The van der Waals surface area contributed by atoms with Gasteiger partial charge in [0.2, 0.25) is 5.91 Å². The smallest absolute Gasteiger partial charge is 0.229 e. The summed E-state index contributed by atoms with van der Waals surface area (Å²) in [4.78, 5) is 15.9. The van der Waals surface area contributed by atoms with Crippen molar-refractivity contribution in [2.45, 2.75) is 36.8 Å². The lowest BCUT2D eigenvalue weighted by molar-refractivity contribution is -0.145. The minimum atomic E-state index is -1.26. The van der Waals surface area contributed by atoms with Crippen molar-refractivity contribution in [1.29, 1.82) is 0 Å². The van der Waals surface area contributed by atoms with E-state index in [1.165, 1.54) is 27.8 Å². The van der Waals surface area contributed by atoms with Crippen molar-refractivity contribution in [3.8, 4) is 0 Å². The lowest BCUT2D eigenvalue weighted by atomic mass is 9.42. The van der Waals surface area contributed by atoms with Crippen molar-refractivity contribution in [2.24, 2.45) is 11.8 Å². The number of aliphatic hydroxyl groups is 1. The van der Waals surface area contributed by atoms with Crippen LogP contribution in [0.1, 0.15) is 53.5 Å². The van der Waals surface area contributed by atoms with Gasteiger partial charge >= 0.3 is 0 Å². The maximum absolute atomic E-state index is 14.2. The van der Waals surface area contributed by atoms with Crippen molar-refractivity contribution in [3.05, 3.63) is 119 Å². The molecule has 0 radical (unpaired) electrons. The predicted octanol–water partition coefficient (Wildman–Crippen LogP) is 5.20. The van der Waals surface area contributed by atoms with Crippen molar-refractivity contribution in [2.75, 3.05) is 6.54 Å². The maximum Gasteiger partial charge on any atom is 0.229 e. The molecule has 1 amide bonds. The minimum absolute atomic E-state index is 0.0268. The first-order chi connectivity index (χ1) is 16.0. The molecule has 4 atom stereocenters. The van der Waals surface area contributed by atoms with Crippen LogP contribution in [-0.2, 0) is 10.2 Å². The van der Waals surface area contributed by atoms with E-state index in [0.29, 0.717) is 6.54 Å². The highest BCUT2D eigenvalue weighted by molar-refractivity contribution is 5.89. The Balaban J connectivity index is 1.74. The van der Waals surface area contributed by atoms with Gasteiger partial charge < -0.3 is 10.0 Å². The summed E-state index contributed by atoms with van der Waals surface area (Å²) in [5.74, 6) is -0.542. The number of likely N-dealkylation sites (tertiary alicyclic amines) is 1. The SMILES string of the molecule is C=CCN1C(=O)[C@@H]2[C@@H](C3c4ccccc4C2([C@H](C)c2ccccc2)c2ccccc23)[C@@]1(C)O. The predicted molar refractivity (Wildman–Crippen MR) is 130 cm³/mol. The summed E-state index contributed by atoms with van der Waals surface area (Å²) in [6.45, 7) is 8.29. The normalized spacial score (nSPS) is 32.2. The van der Waals surface area contributed by atoms with Crippen LogP contribution in [0.5, 0.6) is 0 Å². The van der Waals surface area contributed by atoms with Gasteiger partial charge in [0.1, 0.15) is 5.72 Å². The molecular weight excluding hydrogens is 406 g/mol. The number of amides is 1. The van der Waals surface area contributed by atoms with Gasteiger partial charge in [-0.25, -0.2) is 0 Å². The Morgan fingerprint density at radius 3 is 2.09 bits per heavy atom. The summed E-state index contributed by atoms with van der Waals surface area (Å²) >= 11 is 0. The fourth-order valence-corrected chi connectivity index (χ4v) is 7.50. The quantitative estimate of drug-likeness (QED) is 0.572. The maximum atomic E-state index is 14.2. The molecule has 0 spiro atoms. The van der Waals surface area contributed by atoms with Crippen LogP contribution in [-0.4, -0.2) is 28.2 Å². The number of rotatable bonds is 4. The first-order valence-corrected chi connectivity index (χ1v) is 11.8. The second kappa shape index (κ2) is 6.91. The number of benzene rings is 3. The lowest BCUT2D eigenvalue weighted by Gasteiger charge is -2.58. The van der Waals surface area contributed by atoms with Crippen LogP contribution in [0.25, 0.3) is 0 Å². The van der Waals surface area contributed by atoms with Gasteiger partial charge in [0.05, 0.1) is 5.92 Å². The van der Waals surface area contributed by atoms with Gasteiger partial charge in [0.15, 0.2) is 0 Å². The van der Waals surface area contributed by atoms with Crippen LogP contribution in [0.2, 0.25) is 0 Å². The molecule has 2 bridgehead atoms. The molecule has 3 heteroatoms. The van der Waals surface area contributed by atoms with Gasteiger partial charge in [0.25, 0.3) is 0 Å². The molecule has 33 heavy (non-hydrogen) atoms. The van der Waals surface area contributed by atoms with E-state index in [9.17, 15) is 9.90 Å². The first kappa shape index (κ1) is 20.4. The first-order valence-electron chi connectivity index (χ1n) is 11.8. The second-order valence-corrected chi connectivity index (χ2v) is 9.99. The minimum Gasteiger partial charge on any atom is -0.371 e. The molecule has 3 aromatic carbocycles. The standard InChI is InChI=1S/C30H29NO2/c1-4-18-31-28(32)27-26(29(31,3)33)25-21-14-8-10-16-23(21)30(27,24-17-11-9-15-22(24)25)19(2)20-12-6-5-7-13-20/h4-17,19,25-27,33H,1,18H2,2-3H3/t19-,25?,26-,27+,29-,30?/m1/s1. The number of carbonyl (C=O) groups is 1. The van der Waals surface area contributed by atoms with E-state index >= 15 is 0 Å². The van der Waals surface area contributed by atoms with E-state index in [1.807, 2.05) is 13.0 Å². The number of hydrogen-bond acceptors (Lipinski definition) is 2. The third-order valence-corrected chi connectivity index (χ3v) is 8.70. The van der Waals surface area contributed by atoms with E-state index in [0.717, 1.165) is 0 Å². The van der Waals surface area contributed by atoms with Gasteiger partial charge in [-0.05, 0) is 40.7 Å². The average Bonchev–Trinajstić information content (AvgIpc) is 3.05. The van der Waals surface area contributed by atoms with Crippen LogP contribution in [0.3, 0.4) is 0 Å². The largest absolute Gasteiger partial charge is 0.371 e. The Kier molecular flexibility index (Phi) is 4.28. The summed E-state index contributed by atoms with van der Waals surface area (Å²) in [6, 6.07) is 27.7. The molecule has 1 aliphatic heterocycles. The second-order valence-electron chi connectivity index (χ2n) is 9.99. The molecule has 3 aliphatic carbocycles. The van der Waals surface area contributed by atoms with E-state index in [2.05, 4.69) is 86.3 Å². The topological polar surface area (TPSA) is 40.5 Å². The average molecular weight is 436 g/mol. The molecular formula is C30H29NO2. The Hall–Kier alpha value is -3.17. The third-order valence-electron chi connectivity index (χ3n) is 8.70. The van der Waals surface area contributed by atoms with Gasteiger partial charge in [-0.1, -0.05) is 91.9 Å². The summed E-state index contributed by atoms with van der Waals surface area (Å²) < 4.78 is 0. The number of nitrogens with zero attached hydrogens (tertiary/aromatic N) is 1. The molecule has 0 saturated carbocycles. The summed E-state index contributed by atoms with van der Waals surface area (Å²) in [7, 11) is 0. The molecule has 4 aliphatic rings. The highest BCUT2D eigenvalue weighted by atomic mass is 16.3. The van der Waals surface area contributed by atoms with Gasteiger partial charge in [-0.3, -0.25) is 4.79 Å². The molecule has 0 aromatic heterocycles. The molecule has 7 rings (SSSR count). The zero-order valence-corrected chi connectivity index (χ0v) is 19.1. The Bertz CT molecular complexity index is 1210. The van der Waals surface area contributed by atoms with Crippen LogP contribution < -0.4 is 0 Å². The third kappa shape index (κ3) is 2.36. The van der Waals surface area contributed by atoms with Crippen molar-refractivity contribution in [1.82, 2.24) is 4.90 Å². The Morgan fingerprint density at radius 1 is 0.970 bits per heavy atom. The molecule has 1 N–H and O–H groups in total. The highest BCUT2D eigenvalue weighted by Crippen LogP contribution is 2.70. The van der Waals surface area contributed by atoms with Crippen molar-refractivity contribution >= 4 is 5.91 Å². The van der Waals surface area contributed by atoms with Gasteiger partial charge in [0, 0.05) is 23.8 Å². The van der Waals surface area contributed by atoms with Crippen LogP contribution in [0.15, 0.2) is 91.5 Å². The molecule has 3 aromatic rings. The monoisotopic (exact) mass is 435 g/mol. The molecule has 1 heterocycles. The summed E-state index contributed by atoms with van der Waals surface area (Å²) in [5.41, 5.74) is 4.33. The van der Waals surface area contributed by atoms with Crippen LogP contribution in [0, 0.1) is 11.8 Å². The van der Waals surface area contributed by atoms with E-state index in [1.54, 1.807) is 11.0 Å². The molecule has 3 nitrogen and oxygen atoms in total. The Labute approximate surface area is 195 Å². The van der Waals surface area contributed by atoms with E-state index in [4.69, 9.17) is 0 Å². The lowest BCUT2D eigenvalue weighted by Crippen LogP contribution is -2.58. The van der Waals surface area contributed by atoms with Crippen LogP contribution in [0.4, 0.5) is 0 Å². The molecule has 1 saturated heterocycles. The van der Waals surface area contributed by atoms with Crippen molar-refractivity contribution < 1.29 is 9.90 Å². The highest BCUT2D eigenvalue weighted by Gasteiger charge is 2.71.